The van der Waals surface area contributed by atoms with Crippen LogP contribution in [-0.4, -0.2) is 43.9 Å². The van der Waals surface area contributed by atoms with Crippen LogP contribution >= 0.6 is 0 Å². The maximum Gasteiger partial charge on any atom is 0.221 e. The summed E-state index contributed by atoms with van der Waals surface area (Å²) in [5.41, 5.74) is 5.08. The fourth-order valence-corrected chi connectivity index (χ4v) is 5.68. The van der Waals surface area contributed by atoms with Crippen molar-refractivity contribution in [3.05, 3.63) is 29.6 Å². The van der Waals surface area contributed by atoms with Crippen LogP contribution in [0.1, 0.15) is 25.8 Å². The molecule has 2 aliphatic rings. The first-order valence-corrected chi connectivity index (χ1v) is 9.48. The average Bonchev–Trinajstić information content (AvgIpc) is 2.98. The van der Waals surface area contributed by atoms with E-state index in [4.69, 9.17) is 10.5 Å². The van der Waals surface area contributed by atoms with Crippen molar-refractivity contribution in [2.45, 2.75) is 30.6 Å². The summed E-state index contributed by atoms with van der Waals surface area (Å²) in [5.74, 6) is -1.36. The van der Waals surface area contributed by atoms with E-state index in [2.05, 4.69) is 10.3 Å². The predicted molar refractivity (Wildman–Crippen MR) is 91.6 cm³/mol. The number of hydrogen-bond donors (Lipinski definition) is 2. The molecular weight excluding hydrogens is 349 g/mol. The topological polar surface area (TPSA) is 111 Å². The standard InChI is InChI=1S/C16H20FN3O4S/c1-10(21)19-11-3-4-13(17)12(7-11)15(2)9-25(22,23)16(14(18)20-15)5-6-24-8-16/h3-4,7H,5-6,8-9H2,1-2H3,(H2,18,20)(H,19,21)/t15-,16-/m0/s1. The van der Waals surface area contributed by atoms with E-state index < -0.39 is 25.9 Å². The normalized spacial score (nSPS) is 30.9. The zero-order valence-corrected chi connectivity index (χ0v) is 14.8. The van der Waals surface area contributed by atoms with E-state index in [-0.39, 0.29) is 36.1 Å². The molecule has 1 aromatic carbocycles. The third-order valence-electron chi connectivity index (χ3n) is 4.75. The molecule has 1 amide bonds. The second-order valence-corrected chi connectivity index (χ2v) is 9.00. The van der Waals surface area contributed by atoms with Gasteiger partial charge >= 0.3 is 0 Å². The average molecular weight is 369 g/mol. The Morgan fingerprint density at radius 3 is 2.72 bits per heavy atom. The summed E-state index contributed by atoms with van der Waals surface area (Å²) in [7, 11) is -3.72. The lowest BCUT2D eigenvalue weighted by Gasteiger charge is -2.39. The number of carbonyl (C=O) groups is 1. The number of nitrogens with two attached hydrogens (primary N) is 1. The number of anilines is 1. The monoisotopic (exact) mass is 369 g/mol. The molecule has 1 spiro atoms. The smallest absolute Gasteiger partial charge is 0.221 e. The van der Waals surface area contributed by atoms with E-state index >= 15 is 0 Å². The van der Waals surface area contributed by atoms with Gasteiger partial charge in [-0.1, -0.05) is 0 Å². The Balaban J connectivity index is 2.12. The third-order valence-corrected chi connectivity index (χ3v) is 7.42. The molecule has 2 atom stereocenters. The molecule has 1 fully saturated rings. The Morgan fingerprint density at radius 2 is 2.16 bits per heavy atom. The van der Waals surface area contributed by atoms with E-state index in [1.165, 1.54) is 32.0 Å². The molecule has 2 aliphatic heterocycles. The van der Waals surface area contributed by atoms with Crippen LogP contribution in [0.3, 0.4) is 0 Å². The SMILES string of the molecule is CC(=O)Nc1ccc(F)c([C@]2(C)CS(=O)(=O)[C@]3(CCOC3)C(N)=N2)c1. The fourth-order valence-electron chi connectivity index (χ4n) is 3.42. The van der Waals surface area contributed by atoms with E-state index in [1.807, 2.05) is 0 Å². The first-order chi connectivity index (χ1) is 11.6. The summed E-state index contributed by atoms with van der Waals surface area (Å²) in [6.07, 6.45) is 0.245. The minimum absolute atomic E-state index is 0.0326. The van der Waals surface area contributed by atoms with Gasteiger partial charge in [0.15, 0.2) is 14.6 Å². The van der Waals surface area contributed by atoms with Gasteiger partial charge in [0.25, 0.3) is 0 Å². The molecule has 7 nitrogen and oxygen atoms in total. The first-order valence-electron chi connectivity index (χ1n) is 7.83. The lowest BCUT2D eigenvalue weighted by molar-refractivity contribution is -0.114. The Morgan fingerprint density at radius 1 is 1.44 bits per heavy atom. The Hall–Kier alpha value is -2.00. The number of sulfone groups is 1. The van der Waals surface area contributed by atoms with Crippen molar-refractivity contribution >= 4 is 27.3 Å². The number of rotatable bonds is 2. The summed E-state index contributed by atoms with van der Waals surface area (Å²) in [6.45, 7) is 3.11. The van der Waals surface area contributed by atoms with Gasteiger partial charge in [0.05, 0.1) is 12.4 Å². The summed E-state index contributed by atoms with van der Waals surface area (Å²) in [6, 6.07) is 3.97. The molecule has 2 heterocycles. The maximum atomic E-state index is 14.4. The largest absolute Gasteiger partial charge is 0.386 e. The molecule has 1 aromatic rings. The summed E-state index contributed by atoms with van der Waals surface area (Å²) >= 11 is 0. The molecule has 0 aliphatic carbocycles. The number of nitrogens with zero attached hydrogens (tertiary/aromatic N) is 1. The molecule has 0 bridgehead atoms. The maximum absolute atomic E-state index is 14.4. The summed E-state index contributed by atoms with van der Waals surface area (Å²) in [5, 5.41) is 2.55. The number of aliphatic imine (C=N–C) groups is 1. The molecule has 3 N–H and O–H groups in total. The van der Waals surface area contributed by atoms with Crippen molar-refractivity contribution in [1.29, 1.82) is 0 Å². The molecule has 25 heavy (non-hydrogen) atoms. The molecular formula is C16H20FN3O4S. The molecule has 9 heteroatoms. The van der Waals surface area contributed by atoms with Crippen molar-refractivity contribution in [2.24, 2.45) is 10.7 Å². The van der Waals surface area contributed by atoms with Gasteiger partial charge in [-0.05, 0) is 31.5 Å². The highest BCUT2D eigenvalue weighted by molar-refractivity contribution is 7.93. The third kappa shape index (κ3) is 2.81. The van der Waals surface area contributed by atoms with Crippen LogP contribution in [0, 0.1) is 5.82 Å². The minimum atomic E-state index is -3.72. The van der Waals surface area contributed by atoms with Gasteiger partial charge < -0.3 is 15.8 Å². The van der Waals surface area contributed by atoms with Gasteiger partial charge in [-0.3, -0.25) is 9.79 Å². The van der Waals surface area contributed by atoms with Gasteiger partial charge in [-0.15, -0.1) is 0 Å². The van der Waals surface area contributed by atoms with Crippen LogP contribution < -0.4 is 11.1 Å². The number of hydrogen-bond acceptors (Lipinski definition) is 6. The lowest BCUT2D eigenvalue weighted by Crippen LogP contribution is -2.58. The van der Waals surface area contributed by atoms with Crippen molar-refractivity contribution in [2.75, 3.05) is 24.3 Å². The van der Waals surface area contributed by atoms with Crippen molar-refractivity contribution in [3.63, 3.8) is 0 Å². The fraction of sp³-hybridized carbons (Fsp3) is 0.500. The number of ether oxygens (including phenoxy) is 1. The van der Waals surface area contributed by atoms with Crippen molar-refractivity contribution in [1.82, 2.24) is 0 Å². The molecule has 0 aromatic heterocycles. The number of halogens is 1. The second-order valence-electron chi connectivity index (χ2n) is 6.70. The zero-order chi connectivity index (χ0) is 18.5. The quantitative estimate of drug-likeness (QED) is 0.806. The van der Waals surface area contributed by atoms with E-state index in [1.54, 1.807) is 0 Å². The molecule has 1 saturated heterocycles. The van der Waals surface area contributed by atoms with Crippen LogP contribution in [0.5, 0.6) is 0 Å². The van der Waals surface area contributed by atoms with Crippen LogP contribution in [0.25, 0.3) is 0 Å². The van der Waals surface area contributed by atoms with Gasteiger partial charge in [0.2, 0.25) is 5.91 Å². The van der Waals surface area contributed by atoms with Crippen molar-refractivity contribution in [3.8, 4) is 0 Å². The molecule has 0 radical (unpaired) electrons. The number of amides is 1. The van der Waals surface area contributed by atoms with Crippen LogP contribution in [0.15, 0.2) is 23.2 Å². The lowest BCUT2D eigenvalue weighted by atomic mass is 9.92. The Kier molecular flexibility index (Phi) is 4.11. The number of carbonyl (C=O) groups excluding carboxylic acids is 1. The number of nitrogens with one attached hydrogen (secondary N) is 1. The summed E-state index contributed by atoms with van der Waals surface area (Å²) < 4.78 is 44.3. The highest BCUT2D eigenvalue weighted by Gasteiger charge is 2.57. The minimum Gasteiger partial charge on any atom is -0.386 e. The zero-order valence-electron chi connectivity index (χ0n) is 14.0. The number of amidine groups is 1. The van der Waals surface area contributed by atoms with Crippen molar-refractivity contribution < 1.29 is 22.3 Å². The highest BCUT2D eigenvalue weighted by atomic mass is 32.2. The Labute approximate surface area is 145 Å². The molecule has 0 unspecified atom stereocenters. The van der Waals surface area contributed by atoms with Gasteiger partial charge in [0, 0.05) is 24.8 Å². The molecule has 136 valence electrons. The van der Waals surface area contributed by atoms with Gasteiger partial charge in [-0.2, -0.15) is 0 Å². The van der Waals surface area contributed by atoms with E-state index in [0.717, 1.165) is 0 Å². The summed E-state index contributed by atoms with van der Waals surface area (Å²) in [4.78, 5) is 15.6. The van der Waals surface area contributed by atoms with Crippen LogP contribution in [0.2, 0.25) is 0 Å². The molecule has 0 saturated carbocycles. The Bertz CT molecular complexity index is 862. The predicted octanol–water partition coefficient (Wildman–Crippen LogP) is 0.944. The molecule has 3 rings (SSSR count). The first kappa shape index (κ1) is 17.8. The highest BCUT2D eigenvalue weighted by Crippen LogP contribution is 2.41. The van der Waals surface area contributed by atoms with Gasteiger partial charge in [0.1, 0.15) is 17.2 Å². The van der Waals surface area contributed by atoms with E-state index in [0.29, 0.717) is 12.3 Å². The second kappa shape index (κ2) is 5.77. The van der Waals surface area contributed by atoms with Crippen LogP contribution in [0.4, 0.5) is 10.1 Å². The van der Waals surface area contributed by atoms with Gasteiger partial charge in [-0.25, -0.2) is 12.8 Å². The number of benzene rings is 1. The van der Waals surface area contributed by atoms with Crippen LogP contribution in [-0.2, 0) is 24.9 Å². The van der Waals surface area contributed by atoms with E-state index in [9.17, 15) is 17.6 Å².